The number of rotatable bonds is 8. The van der Waals surface area contributed by atoms with E-state index in [9.17, 15) is 46.0 Å². The third-order valence-electron chi connectivity index (χ3n) is 17.5. The molecule has 9 rings (SSSR count). The van der Waals surface area contributed by atoms with Crippen molar-refractivity contribution < 1.29 is 83.9 Å². The van der Waals surface area contributed by atoms with Crippen LogP contribution >= 0.6 is 0 Å². The summed E-state index contributed by atoms with van der Waals surface area (Å²) in [5.41, 5.74) is -1.30. The summed E-state index contributed by atoms with van der Waals surface area (Å²) in [5.74, 6) is 0.639. The van der Waals surface area contributed by atoms with Gasteiger partial charge in [0.05, 0.1) is 50.8 Å². The van der Waals surface area contributed by atoms with Gasteiger partial charge in [0, 0.05) is 23.7 Å². The SMILES string of the molecule is CC1CCC2(OC1)OC1CC3C4CC=C5CC(OC6OCC(O)(COC7OC(C)C(O)C(O)C7O)C6O)CCC5(C)C4CC(OC4OC(CO)C(O)C(O)C4O)C3(C)C1C2C. The van der Waals surface area contributed by atoms with E-state index in [1.165, 1.54) is 12.5 Å². The molecule has 9 N–H and O–H groups in total. The van der Waals surface area contributed by atoms with Gasteiger partial charge in [0.25, 0.3) is 0 Å². The quantitative estimate of drug-likeness (QED) is 0.144. The van der Waals surface area contributed by atoms with Gasteiger partial charge in [-0.25, -0.2) is 0 Å². The van der Waals surface area contributed by atoms with E-state index in [1.807, 2.05) is 0 Å². The van der Waals surface area contributed by atoms with E-state index in [2.05, 4.69) is 33.8 Å². The zero-order chi connectivity index (χ0) is 43.6. The maximum Gasteiger partial charge on any atom is 0.186 e. The summed E-state index contributed by atoms with van der Waals surface area (Å²) in [6.07, 6.45) is -8.34. The summed E-state index contributed by atoms with van der Waals surface area (Å²) in [5, 5.41) is 95.9. The van der Waals surface area contributed by atoms with Gasteiger partial charge in [0.1, 0.15) is 54.4 Å². The van der Waals surface area contributed by atoms with Crippen molar-refractivity contribution in [2.24, 2.45) is 46.3 Å². The van der Waals surface area contributed by atoms with Gasteiger partial charge in [-0.3, -0.25) is 0 Å². The Kier molecular flexibility index (Phi) is 12.2. The van der Waals surface area contributed by atoms with E-state index in [-0.39, 0.29) is 47.9 Å². The van der Waals surface area contributed by atoms with Crippen molar-refractivity contribution in [3.05, 3.63) is 11.6 Å². The molecule has 8 fully saturated rings. The van der Waals surface area contributed by atoms with Crippen molar-refractivity contribution in [1.29, 1.82) is 0 Å². The van der Waals surface area contributed by atoms with Gasteiger partial charge in [-0.1, -0.05) is 39.3 Å². The average molecular weight is 871 g/mol. The van der Waals surface area contributed by atoms with Gasteiger partial charge in [0.2, 0.25) is 0 Å². The summed E-state index contributed by atoms with van der Waals surface area (Å²) in [6, 6.07) is 0. The molecule has 0 bridgehead atoms. The van der Waals surface area contributed by atoms with Crippen LogP contribution in [-0.2, 0) is 37.9 Å². The van der Waals surface area contributed by atoms with Gasteiger partial charge in [-0.15, -0.1) is 0 Å². The molecule has 348 valence electrons. The molecule has 25 unspecified atom stereocenters. The molecule has 61 heavy (non-hydrogen) atoms. The highest BCUT2D eigenvalue weighted by Gasteiger charge is 2.72. The van der Waals surface area contributed by atoms with Crippen molar-refractivity contribution in [1.82, 2.24) is 0 Å². The first kappa shape index (κ1) is 45.2. The number of hydrogen-bond acceptors (Lipinski definition) is 17. The van der Waals surface area contributed by atoms with Crippen LogP contribution in [0.5, 0.6) is 0 Å². The van der Waals surface area contributed by atoms with Gasteiger partial charge in [-0.2, -0.15) is 0 Å². The summed E-state index contributed by atoms with van der Waals surface area (Å²) in [4.78, 5) is 0. The van der Waals surface area contributed by atoms with Gasteiger partial charge >= 0.3 is 0 Å². The van der Waals surface area contributed by atoms with Gasteiger partial charge < -0.3 is 83.9 Å². The highest BCUT2D eigenvalue weighted by atomic mass is 16.7. The zero-order valence-corrected chi connectivity index (χ0v) is 36.0. The lowest BCUT2D eigenvalue weighted by Crippen LogP contribution is -2.63. The maximum atomic E-state index is 11.4. The first-order valence-corrected chi connectivity index (χ1v) is 22.8. The molecule has 0 amide bonds. The lowest BCUT2D eigenvalue weighted by molar-refractivity contribution is -0.331. The number of aliphatic hydroxyl groups is 9. The molecular formula is C44H70O17. The van der Waals surface area contributed by atoms with Crippen molar-refractivity contribution in [2.75, 3.05) is 26.4 Å². The molecule has 5 aliphatic heterocycles. The second kappa shape index (κ2) is 16.4. The van der Waals surface area contributed by atoms with E-state index in [4.69, 9.17) is 37.9 Å². The van der Waals surface area contributed by atoms with E-state index in [0.29, 0.717) is 37.7 Å². The van der Waals surface area contributed by atoms with Gasteiger partial charge in [-0.05, 0) is 81.0 Å². The second-order valence-corrected chi connectivity index (χ2v) is 20.9. The molecule has 5 saturated heterocycles. The largest absolute Gasteiger partial charge is 0.394 e. The Morgan fingerprint density at radius 3 is 2.26 bits per heavy atom. The van der Waals surface area contributed by atoms with Crippen LogP contribution in [0.15, 0.2) is 11.6 Å². The van der Waals surface area contributed by atoms with E-state index in [0.717, 1.165) is 32.1 Å². The van der Waals surface area contributed by atoms with Crippen LogP contribution in [0.2, 0.25) is 0 Å². The van der Waals surface area contributed by atoms with Crippen LogP contribution in [0.4, 0.5) is 0 Å². The Balaban J connectivity index is 0.919. The minimum Gasteiger partial charge on any atom is -0.394 e. The Morgan fingerprint density at radius 1 is 0.803 bits per heavy atom. The summed E-state index contributed by atoms with van der Waals surface area (Å²) >= 11 is 0. The fraction of sp³-hybridized carbons (Fsp3) is 0.955. The number of fused-ring (bicyclic) bond motifs is 7. The van der Waals surface area contributed by atoms with Crippen LogP contribution in [0.25, 0.3) is 0 Å². The summed E-state index contributed by atoms with van der Waals surface area (Å²) in [7, 11) is 0. The molecule has 3 saturated carbocycles. The topological polar surface area (TPSA) is 256 Å². The molecule has 0 aromatic carbocycles. The number of hydrogen-bond donors (Lipinski definition) is 9. The van der Waals surface area contributed by atoms with E-state index < -0.39 is 110 Å². The second-order valence-electron chi connectivity index (χ2n) is 20.9. The average Bonchev–Trinajstić information content (AvgIpc) is 3.80. The van der Waals surface area contributed by atoms with Crippen LogP contribution in [0.1, 0.15) is 86.0 Å². The Hall–Kier alpha value is -0.940. The van der Waals surface area contributed by atoms with Crippen LogP contribution in [0, 0.1) is 46.3 Å². The number of aliphatic hydroxyl groups excluding tert-OH is 8. The Morgan fingerprint density at radius 2 is 1.54 bits per heavy atom. The van der Waals surface area contributed by atoms with E-state index in [1.54, 1.807) is 0 Å². The highest BCUT2D eigenvalue weighted by Crippen LogP contribution is 2.71. The van der Waals surface area contributed by atoms with Crippen LogP contribution < -0.4 is 0 Å². The van der Waals surface area contributed by atoms with E-state index >= 15 is 0 Å². The smallest absolute Gasteiger partial charge is 0.186 e. The molecule has 17 nitrogen and oxygen atoms in total. The molecule has 5 heterocycles. The number of ether oxygens (including phenoxy) is 8. The van der Waals surface area contributed by atoms with Crippen molar-refractivity contribution in [3.63, 3.8) is 0 Å². The molecule has 0 radical (unpaired) electrons. The summed E-state index contributed by atoms with van der Waals surface area (Å²) in [6.45, 7) is 9.92. The zero-order valence-electron chi connectivity index (χ0n) is 36.0. The highest BCUT2D eigenvalue weighted by molar-refractivity contribution is 5.28. The first-order valence-electron chi connectivity index (χ1n) is 22.8. The molecule has 17 heteroatoms. The molecule has 4 aliphatic carbocycles. The standard InChI is InChI=1S/C44H70O17/c1-19-8-11-44(56-16-19)20(2)30-27(61-44)13-26-24-7-6-22-12-23(58-40-37(52)43(53,18-55-40)17-54-38-35(50)33(48)31(46)21(3)57-38)9-10-41(22,4)25(24)14-29(42(26,30)5)60-39-36(51)34(49)32(47)28(15-45)59-39/h6,19-21,23-40,45-53H,7-18H2,1-5H3. The fourth-order valence-electron chi connectivity index (χ4n) is 13.7. The fourth-order valence-corrected chi connectivity index (χ4v) is 13.7. The monoisotopic (exact) mass is 870 g/mol. The van der Waals surface area contributed by atoms with Crippen molar-refractivity contribution in [3.8, 4) is 0 Å². The predicted molar refractivity (Wildman–Crippen MR) is 210 cm³/mol. The maximum absolute atomic E-state index is 11.4. The Labute approximate surface area is 357 Å². The molecule has 0 aromatic rings. The Bertz CT molecular complexity index is 1610. The molecular weight excluding hydrogens is 800 g/mol. The number of allylic oxidation sites excluding steroid dienone is 1. The van der Waals surface area contributed by atoms with Crippen LogP contribution in [-0.4, -0.2) is 176 Å². The minimum absolute atomic E-state index is 0.0504. The molecule has 1 spiro atoms. The van der Waals surface area contributed by atoms with Crippen molar-refractivity contribution in [2.45, 2.75) is 189 Å². The van der Waals surface area contributed by atoms with Crippen LogP contribution in [0.3, 0.4) is 0 Å². The molecule has 9 aliphatic rings. The third-order valence-corrected chi connectivity index (χ3v) is 17.5. The lowest BCUT2D eigenvalue weighted by Gasteiger charge is -2.61. The van der Waals surface area contributed by atoms with Gasteiger partial charge in [0.15, 0.2) is 24.7 Å². The lowest BCUT2D eigenvalue weighted by atomic mass is 9.46. The summed E-state index contributed by atoms with van der Waals surface area (Å²) < 4.78 is 49.9. The molecule has 25 atom stereocenters. The molecule has 0 aromatic heterocycles. The minimum atomic E-state index is -1.88. The van der Waals surface area contributed by atoms with Crippen molar-refractivity contribution >= 4 is 0 Å². The first-order chi connectivity index (χ1) is 28.8. The third kappa shape index (κ3) is 7.23. The predicted octanol–water partition coefficient (Wildman–Crippen LogP) is -0.174. The normalized spacial score (nSPS) is 58.2.